The summed E-state index contributed by atoms with van der Waals surface area (Å²) >= 11 is 1.33. The van der Waals surface area contributed by atoms with E-state index in [1.807, 2.05) is 6.07 Å². The van der Waals surface area contributed by atoms with E-state index in [1.54, 1.807) is 43.3 Å². The fourth-order valence-electron chi connectivity index (χ4n) is 5.08. The zero-order valence-electron chi connectivity index (χ0n) is 21.9. The third-order valence-corrected chi connectivity index (χ3v) is 8.14. The summed E-state index contributed by atoms with van der Waals surface area (Å²) in [5.41, 5.74) is 2.40. The van der Waals surface area contributed by atoms with Crippen molar-refractivity contribution in [1.29, 1.82) is 0 Å². The van der Waals surface area contributed by atoms with Crippen molar-refractivity contribution >= 4 is 46.0 Å². The van der Waals surface area contributed by atoms with Crippen LogP contribution in [0.25, 0.3) is 0 Å². The van der Waals surface area contributed by atoms with Crippen molar-refractivity contribution in [3.8, 4) is 0 Å². The molecule has 0 saturated heterocycles. The van der Waals surface area contributed by atoms with Gasteiger partial charge in [0.25, 0.3) is 17.7 Å². The number of thiophene rings is 1. The smallest absolute Gasteiger partial charge is 0.341 e. The maximum Gasteiger partial charge on any atom is 0.341 e. The summed E-state index contributed by atoms with van der Waals surface area (Å²) in [7, 11) is 0. The van der Waals surface area contributed by atoms with Gasteiger partial charge in [0.15, 0.2) is 6.61 Å². The summed E-state index contributed by atoms with van der Waals surface area (Å²) in [4.78, 5) is 67.2. The van der Waals surface area contributed by atoms with E-state index in [0.29, 0.717) is 16.1 Å². The summed E-state index contributed by atoms with van der Waals surface area (Å²) in [6.45, 7) is 1.27. The van der Waals surface area contributed by atoms with Crippen molar-refractivity contribution < 1.29 is 33.4 Å². The quantitative estimate of drug-likeness (QED) is 0.308. The summed E-state index contributed by atoms with van der Waals surface area (Å²) in [6, 6.07) is 14.0. The van der Waals surface area contributed by atoms with E-state index in [9.17, 15) is 24.0 Å². The van der Waals surface area contributed by atoms with Gasteiger partial charge in [-0.15, -0.1) is 11.3 Å². The molecule has 2 aliphatic rings. The lowest BCUT2D eigenvalue weighted by Crippen LogP contribution is -2.47. The minimum Gasteiger partial charge on any atom is -0.462 e. The molecule has 1 N–H and O–H groups in total. The fourth-order valence-corrected chi connectivity index (χ4v) is 6.37. The lowest BCUT2D eigenvalue weighted by Gasteiger charge is -2.24. The number of imide groups is 1. The molecular weight excluding hydrogens is 532 g/mol. The van der Waals surface area contributed by atoms with E-state index in [0.717, 1.165) is 41.0 Å². The van der Waals surface area contributed by atoms with Gasteiger partial charge in [-0.1, -0.05) is 42.5 Å². The number of ether oxygens (including phenoxy) is 2. The van der Waals surface area contributed by atoms with Crippen molar-refractivity contribution in [2.75, 3.05) is 18.5 Å². The zero-order valence-corrected chi connectivity index (χ0v) is 22.8. The summed E-state index contributed by atoms with van der Waals surface area (Å²) in [6.07, 6.45) is 3.52. The molecule has 10 heteroatoms. The number of fused-ring (bicyclic) bond motifs is 2. The highest BCUT2D eigenvalue weighted by Crippen LogP contribution is 2.38. The predicted molar refractivity (Wildman–Crippen MR) is 147 cm³/mol. The lowest BCUT2D eigenvalue weighted by molar-refractivity contribution is -0.151. The number of hydrogen-bond acceptors (Lipinski definition) is 8. The van der Waals surface area contributed by atoms with Crippen molar-refractivity contribution in [3.05, 3.63) is 87.3 Å². The van der Waals surface area contributed by atoms with Crippen LogP contribution in [-0.2, 0) is 38.3 Å². The van der Waals surface area contributed by atoms with Crippen LogP contribution in [0.1, 0.15) is 66.8 Å². The van der Waals surface area contributed by atoms with Gasteiger partial charge in [-0.3, -0.25) is 19.3 Å². The molecule has 2 aromatic carbocycles. The first-order chi connectivity index (χ1) is 19.4. The Morgan fingerprint density at radius 2 is 1.57 bits per heavy atom. The highest BCUT2D eigenvalue weighted by molar-refractivity contribution is 7.17. The number of amides is 3. The fraction of sp³-hybridized carbons (Fsp3) is 0.300. The minimum atomic E-state index is -1.27. The second kappa shape index (κ2) is 11.8. The molecule has 1 aromatic heterocycles. The Morgan fingerprint density at radius 3 is 2.25 bits per heavy atom. The first-order valence-corrected chi connectivity index (χ1v) is 14.0. The Morgan fingerprint density at radius 1 is 0.925 bits per heavy atom. The molecule has 0 saturated carbocycles. The minimum absolute atomic E-state index is 0.0252. The Hall–Kier alpha value is -4.31. The maximum atomic E-state index is 13.3. The number of nitrogens with zero attached hydrogens (tertiary/aromatic N) is 1. The van der Waals surface area contributed by atoms with E-state index in [1.165, 1.54) is 23.5 Å². The van der Waals surface area contributed by atoms with Gasteiger partial charge in [0.2, 0.25) is 0 Å². The van der Waals surface area contributed by atoms with Crippen molar-refractivity contribution in [3.63, 3.8) is 0 Å². The van der Waals surface area contributed by atoms with Gasteiger partial charge < -0.3 is 14.8 Å². The molecule has 206 valence electrons. The number of carbonyl (C=O) groups excluding carboxylic acids is 5. The van der Waals surface area contributed by atoms with E-state index in [2.05, 4.69) is 5.32 Å². The van der Waals surface area contributed by atoms with Gasteiger partial charge in [0, 0.05) is 11.3 Å². The summed E-state index contributed by atoms with van der Waals surface area (Å²) in [5.74, 6) is -3.21. The molecule has 1 aliphatic heterocycles. The number of anilines is 1. The van der Waals surface area contributed by atoms with Gasteiger partial charge >= 0.3 is 11.9 Å². The highest BCUT2D eigenvalue weighted by Gasteiger charge is 2.43. The number of aryl methyl sites for hydroxylation is 1. The standard InChI is InChI=1S/C30H28N2O7S/c1-2-38-30(37)25-21-14-8-9-15-23(21)40-26(25)31-24(33)17-39-29(36)22(16-18-10-4-3-5-11-18)32-27(34)19-12-6-7-13-20(19)28(32)35/h3-7,10-13,22H,2,8-9,14-17H2,1H3,(H,31,33). The van der Waals surface area contributed by atoms with Crippen LogP contribution in [0.5, 0.6) is 0 Å². The van der Waals surface area contributed by atoms with Crippen molar-refractivity contribution in [2.24, 2.45) is 0 Å². The average molecular weight is 561 g/mol. The Kier molecular flexibility index (Phi) is 8.06. The second-order valence-corrected chi connectivity index (χ2v) is 10.6. The largest absolute Gasteiger partial charge is 0.462 e. The molecule has 0 fully saturated rings. The molecule has 9 nitrogen and oxygen atoms in total. The SMILES string of the molecule is CCOC(=O)c1c(NC(=O)COC(=O)C(Cc2ccccc2)N2C(=O)c3ccccc3C2=O)sc2c1CCCC2. The molecule has 5 rings (SSSR count). The summed E-state index contributed by atoms with van der Waals surface area (Å²) in [5, 5.41) is 3.07. The van der Waals surface area contributed by atoms with Crippen LogP contribution in [0, 0.1) is 0 Å². The molecule has 3 amide bonds. The number of hydrogen-bond donors (Lipinski definition) is 1. The molecule has 1 atom stereocenters. The highest BCUT2D eigenvalue weighted by atomic mass is 32.1. The zero-order chi connectivity index (χ0) is 28.2. The molecule has 40 heavy (non-hydrogen) atoms. The molecule has 1 unspecified atom stereocenters. The molecular formula is C30H28N2O7S. The summed E-state index contributed by atoms with van der Waals surface area (Å²) < 4.78 is 10.6. The van der Waals surface area contributed by atoms with E-state index >= 15 is 0 Å². The number of nitrogens with one attached hydrogen (secondary N) is 1. The topological polar surface area (TPSA) is 119 Å². The monoisotopic (exact) mass is 560 g/mol. The molecule has 1 aliphatic carbocycles. The van der Waals surface area contributed by atoms with Gasteiger partial charge in [-0.2, -0.15) is 0 Å². The average Bonchev–Trinajstić information content (AvgIpc) is 3.45. The first-order valence-electron chi connectivity index (χ1n) is 13.2. The van der Waals surface area contributed by atoms with Crippen LogP contribution < -0.4 is 5.32 Å². The van der Waals surface area contributed by atoms with Crippen molar-refractivity contribution in [2.45, 2.75) is 45.1 Å². The maximum absolute atomic E-state index is 13.3. The van der Waals surface area contributed by atoms with Gasteiger partial charge in [0.05, 0.1) is 23.3 Å². The third kappa shape index (κ3) is 5.40. The van der Waals surface area contributed by atoms with Gasteiger partial charge in [0.1, 0.15) is 11.0 Å². The second-order valence-electron chi connectivity index (χ2n) is 9.52. The van der Waals surface area contributed by atoms with Gasteiger partial charge in [-0.25, -0.2) is 9.59 Å². The Labute approximate surface area is 235 Å². The Bertz CT molecular complexity index is 1450. The lowest BCUT2D eigenvalue weighted by atomic mass is 9.95. The molecule has 3 aromatic rings. The number of rotatable bonds is 9. The van der Waals surface area contributed by atoms with Crippen LogP contribution in [0.2, 0.25) is 0 Å². The molecule has 2 heterocycles. The number of carbonyl (C=O) groups is 5. The normalized spacial score (nSPS) is 14.8. The molecule has 0 bridgehead atoms. The van der Waals surface area contributed by atoms with Crippen LogP contribution >= 0.6 is 11.3 Å². The van der Waals surface area contributed by atoms with E-state index in [-0.39, 0.29) is 24.2 Å². The van der Waals surface area contributed by atoms with Crippen LogP contribution in [0.3, 0.4) is 0 Å². The van der Waals surface area contributed by atoms with Crippen LogP contribution in [0.4, 0.5) is 5.00 Å². The van der Waals surface area contributed by atoms with Crippen LogP contribution in [-0.4, -0.2) is 53.8 Å². The van der Waals surface area contributed by atoms with E-state index < -0.39 is 42.3 Å². The molecule has 0 radical (unpaired) electrons. The predicted octanol–water partition coefficient (Wildman–Crippen LogP) is 4.19. The molecule has 0 spiro atoms. The number of benzene rings is 2. The van der Waals surface area contributed by atoms with Crippen LogP contribution in [0.15, 0.2) is 54.6 Å². The first kappa shape index (κ1) is 27.3. The van der Waals surface area contributed by atoms with Gasteiger partial charge in [-0.05, 0) is 55.9 Å². The third-order valence-electron chi connectivity index (χ3n) is 6.93. The Balaban J connectivity index is 1.33. The number of esters is 2. The van der Waals surface area contributed by atoms with E-state index in [4.69, 9.17) is 9.47 Å². The van der Waals surface area contributed by atoms with Crippen molar-refractivity contribution in [1.82, 2.24) is 4.90 Å².